The molecule has 404 valence electrons. The number of aliphatic hydroxyl groups excluding tert-OH is 2. The minimum atomic E-state index is -0.824. The number of hydrogen-bond donors (Lipinski definition) is 3. The molecule has 0 saturated carbocycles. The van der Waals surface area contributed by atoms with E-state index in [1.54, 1.807) is 0 Å². The van der Waals surface area contributed by atoms with E-state index in [1.165, 1.54) is 167 Å². The van der Waals surface area contributed by atoms with Crippen molar-refractivity contribution in [2.75, 3.05) is 6.61 Å². The maximum absolute atomic E-state index is 13.3. The highest BCUT2D eigenvalue weighted by Crippen LogP contribution is 2.17. The molecule has 6 nitrogen and oxygen atoms in total. The lowest BCUT2D eigenvalue weighted by atomic mass is 10.0. The van der Waals surface area contributed by atoms with E-state index in [9.17, 15) is 19.8 Å². The van der Waals surface area contributed by atoms with Crippen molar-refractivity contribution in [1.29, 1.82) is 0 Å². The number of amides is 1. The summed E-state index contributed by atoms with van der Waals surface area (Å²) >= 11 is 0. The molecule has 0 aromatic carbocycles. The summed E-state index contributed by atoms with van der Waals surface area (Å²) in [5.41, 5.74) is 0. The van der Waals surface area contributed by atoms with E-state index < -0.39 is 18.2 Å². The molecule has 1 amide bonds. The standard InChI is InChI=1S/C64H113NO5/c1-4-7-10-13-16-19-22-25-28-30-31-33-36-39-42-45-48-51-54-57-64(69)70-60(55-52-49-46-43-40-37-35-32-29-26-23-20-17-14-11-8-5-2)58-63(68)65-61(59-66)62(67)56-53-50-47-44-41-38-34-27-24-21-18-15-12-9-6-3/h8,11,17,20,25-26,28-29,35,37,43,46,52,55,60-62,66-67H,4-7,9-10,12-16,18-19,21-24,27,30-34,36,38-42,44-45,47-51,53-54,56-59H2,1-3H3,(H,65,68)/b11-8-,20-17-,28-25+,29-26-,37-35-,46-43-,55-52-. The first-order chi connectivity index (χ1) is 34.5. The highest BCUT2D eigenvalue weighted by Gasteiger charge is 2.23. The van der Waals surface area contributed by atoms with Crippen molar-refractivity contribution in [2.45, 2.75) is 302 Å². The minimum Gasteiger partial charge on any atom is -0.458 e. The molecule has 0 bridgehead atoms. The summed E-state index contributed by atoms with van der Waals surface area (Å²) in [6, 6.07) is -0.748. The van der Waals surface area contributed by atoms with Crippen LogP contribution in [0.3, 0.4) is 0 Å². The van der Waals surface area contributed by atoms with E-state index in [0.29, 0.717) is 19.3 Å². The van der Waals surface area contributed by atoms with Gasteiger partial charge in [0.2, 0.25) is 5.91 Å². The molecule has 0 rings (SSSR count). The average Bonchev–Trinajstić information content (AvgIpc) is 3.35. The number of hydrogen-bond acceptors (Lipinski definition) is 5. The second-order valence-electron chi connectivity index (χ2n) is 20.0. The number of nitrogens with one attached hydrogen (secondary N) is 1. The number of allylic oxidation sites excluding steroid dienone is 13. The van der Waals surface area contributed by atoms with Gasteiger partial charge in [-0.3, -0.25) is 9.59 Å². The van der Waals surface area contributed by atoms with Crippen LogP contribution in [-0.4, -0.2) is 46.9 Å². The average molecular weight is 977 g/mol. The Hall–Kier alpha value is -2.96. The summed E-state index contributed by atoms with van der Waals surface area (Å²) in [5.74, 6) is -0.628. The van der Waals surface area contributed by atoms with Gasteiger partial charge in [0.05, 0.1) is 25.2 Å². The van der Waals surface area contributed by atoms with Gasteiger partial charge >= 0.3 is 5.97 Å². The monoisotopic (exact) mass is 976 g/mol. The first kappa shape index (κ1) is 67.0. The van der Waals surface area contributed by atoms with Gasteiger partial charge in [-0.15, -0.1) is 0 Å². The van der Waals surface area contributed by atoms with E-state index in [4.69, 9.17) is 4.74 Å². The molecule has 0 fully saturated rings. The summed E-state index contributed by atoms with van der Waals surface area (Å²) in [7, 11) is 0. The second kappa shape index (κ2) is 56.9. The Balaban J connectivity index is 4.69. The second-order valence-corrected chi connectivity index (χ2v) is 20.0. The molecule has 3 N–H and O–H groups in total. The Morgan fingerprint density at radius 2 is 0.800 bits per heavy atom. The van der Waals surface area contributed by atoms with Crippen molar-refractivity contribution < 1.29 is 24.5 Å². The maximum Gasteiger partial charge on any atom is 0.306 e. The van der Waals surface area contributed by atoms with Gasteiger partial charge in [0.1, 0.15) is 6.10 Å². The fraction of sp³-hybridized carbons (Fsp3) is 0.750. The van der Waals surface area contributed by atoms with Crippen molar-refractivity contribution in [2.24, 2.45) is 0 Å². The summed E-state index contributed by atoms with van der Waals surface area (Å²) in [6.07, 6.45) is 75.4. The largest absolute Gasteiger partial charge is 0.458 e. The third kappa shape index (κ3) is 51.4. The van der Waals surface area contributed by atoms with Crippen LogP contribution in [0.1, 0.15) is 284 Å². The Labute approximate surface area is 433 Å². The molecule has 6 heteroatoms. The fourth-order valence-electron chi connectivity index (χ4n) is 8.72. The Kier molecular flexibility index (Phi) is 54.5. The molecule has 0 aliphatic heterocycles. The van der Waals surface area contributed by atoms with E-state index >= 15 is 0 Å². The molecule has 0 spiro atoms. The fourth-order valence-corrected chi connectivity index (χ4v) is 8.72. The molecule has 0 aliphatic rings. The summed E-state index contributed by atoms with van der Waals surface area (Å²) in [6.45, 7) is 6.36. The van der Waals surface area contributed by atoms with Crippen LogP contribution >= 0.6 is 0 Å². The molecule has 0 aromatic heterocycles. The van der Waals surface area contributed by atoms with E-state index in [-0.39, 0.29) is 24.9 Å². The summed E-state index contributed by atoms with van der Waals surface area (Å²) in [5, 5.41) is 23.8. The predicted molar refractivity (Wildman–Crippen MR) is 305 cm³/mol. The van der Waals surface area contributed by atoms with Crippen molar-refractivity contribution in [3.8, 4) is 0 Å². The Morgan fingerprint density at radius 3 is 1.20 bits per heavy atom. The molecular weight excluding hydrogens is 863 g/mol. The SMILES string of the molecule is CC/C=C\C/C=C\C/C=C\C/C=C\C/C=C\C/C=C\C(CC(=O)NC(CO)C(O)CCCCCCCCCCCCCCCCC)OC(=O)CCCCCCCCCCC/C=C/CCCCCCCC. The molecule has 0 saturated heterocycles. The lowest BCUT2D eigenvalue weighted by Crippen LogP contribution is -2.46. The van der Waals surface area contributed by atoms with Gasteiger partial charge in [-0.05, 0) is 83.1 Å². The normalized spacial score (nSPS) is 13.7. The number of aliphatic hydroxyl groups is 2. The van der Waals surface area contributed by atoms with Crippen molar-refractivity contribution in [3.05, 3.63) is 85.1 Å². The lowest BCUT2D eigenvalue weighted by Gasteiger charge is -2.23. The summed E-state index contributed by atoms with van der Waals surface area (Å²) in [4.78, 5) is 26.3. The van der Waals surface area contributed by atoms with Crippen LogP contribution in [0.15, 0.2) is 85.1 Å². The number of unbranched alkanes of at least 4 members (excludes halogenated alkanes) is 29. The molecule has 70 heavy (non-hydrogen) atoms. The first-order valence-corrected chi connectivity index (χ1v) is 29.8. The van der Waals surface area contributed by atoms with E-state index in [0.717, 1.165) is 70.6 Å². The van der Waals surface area contributed by atoms with Gasteiger partial charge in [-0.2, -0.15) is 0 Å². The number of carbonyl (C=O) groups excluding carboxylic acids is 2. The highest BCUT2D eigenvalue weighted by molar-refractivity contribution is 5.78. The number of rotatable bonds is 53. The van der Waals surface area contributed by atoms with Crippen molar-refractivity contribution >= 4 is 11.9 Å². The zero-order valence-electron chi connectivity index (χ0n) is 46.1. The molecule has 0 aromatic rings. The van der Waals surface area contributed by atoms with Crippen LogP contribution in [0.4, 0.5) is 0 Å². The van der Waals surface area contributed by atoms with Crippen molar-refractivity contribution in [1.82, 2.24) is 5.32 Å². The van der Waals surface area contributed by atoms with E-state index in [1.807, 2.05) is 12.2 Å². The van der Waals surface area contributed by atoms with Crippen LogP contribution in [0.2, 0.25) is 0 Å². The van der Waals surface area contributed by atoms with Gasteiger partial charge in [-0.25, -0.2) is 0 Å². The zero-order valence-corrected chi connectivity index (χ0v) is 46.1. The molecular formula is C64H113NO5. The third-order valence-corrected chi connectivity index (χ3v) is 13.2. The topological polar surface area (TPSA) is 95.9 Å². The Bertz CT molecular complexity index is 1330. The third-order valence-electron chi connectivity index (χ3n) is 13.2. The van der Waals surface area contributed by atoms with Gasteiger partial charge in [0, 0.05) is 6.42 Å². The first-order valence-electron chi connectivity index (χ1n) is 29.8. The molecule has 0 heterocycles. The summed E-state index contributed by atoms with van der Waals surface area (Å²) < 4.78 is 5.86. The molecule has 0 radical (unpaired) electrons. The molecule has 0 aliphatic carbocycles. The van der Waals surface area contributed by atoms with Crippen LogP contribution in [-0.2, 0) is 14.3 Å². The van der Waals surface area contributed by atoms with Gasteiger partial charge < -0.3 is 20.3 Å². The molecule has 3 unspecified atom stereocenters. The van der Waals surface area contributed by atoms with Crippen LogP contribution in [0, 0.1) is 0 Å². The Morgan fingerprint density at radius 1 is 0.443 bits per heavy atom. The quantitative estimate of drug-likeness (QED) is 0.0321. The van der Waals surface area contributed by atoms with Gasteiger partial charge in [-0.1, -0.05) is 273 Å². The number of esters is 1. The van der Waals surface area contributed by atoms with E-state index in [2.05, 4.69) is 99.0 Å². The van der Waals surface area contributed by atoms with Gasteiger partial charge in [0.15, 0.2) is 0 Å². The highest BCUT2D eigenvalue weighted by atomic mass is 16.5. The number of carbonyl (C=O) groups is 2. The zero-order chi connectivity index (χ0) is 50.9. The van der Waals surface area contributed by atoms with Crippen LogP contribution in [0.25, 0.3) is 0 Å². The predicted octanol–water partition coefficient (Wildman–Crippen LogP) is 18.7. The van der Waals surface area contributed by atoms with Gasteiger partial charge in [0.25, 0.3) is 0 Å². The van der Waals surface area contributed by atoms with Crippen molar-refractivity contribution in [3.63, 3.8) is 0 Å². The van der Waals surface area contributed by atoms with Crippen LogP contribution < -0.4 is 5.32 Å². The maximum atomic E-state index is 13.3. The smallest absolute Gasteiger partial charge is 0.306 e. The lowest BCUT2D eigenvalue weighted by molar-refractivity contribution is -0.148. The molecule has 3 atom stereocenters. The number of ether oxygens (including phenoxy) is 1. The minimum absolute atomic E-state index is 0.0500. The van der Waals surface area contributed by atoms with Crippen LogP contribution in [0.5, 0.6) is 0 Å².